The van der Waals surface area contributed by atoms with E-state index in [-0.39, 0.29) is 11.7 Å². The minimum atomic E-state index is -3.34. The number of sulfonamides is 1. The molecule has 0 bridgehead atoms. The maximum atomic E-state index is 11.3. The molecule has 5 nitrogen and oxygen atoms in total. The predicted octanol–water partition coefficient (Wildman–Crippen LogP) is 0.00650. The van der Waals surface area contributed by atoms with E-state index in [1.165, 1.54) is 13.0 Å². The van der Waals surface area contributed by atoms with Crippen molar-refractivity contribution >= 4 is 15.9 Å². The highest BCUT2D eigenvalue weighted by molar-refractivity contribution is 7.89. The Hall–Kier alpha value is -0.880. The van der Waals surface area contributed by atoms with Crippen molar-refractivity contribution in [1.82, 2.24) is 10.0 Å². The Morgan fingerprint density at radius 3 is 2.60 bits per heavy atom. The van der Waals surface area contributed by atoms with Crippen LogP contribution in [0.15, 0.2) is 12.7 Å². The first-order valence-corrected chi connectivity index (χ1v) is 6.46. The number of nitrogens with one attached hydrogen (secondary N) is 2. The summed E-state index contributed by atoms with van der Waals surface area (Å²) in [6.07, 6.45) is 2.06. The van der Waals surface area contributed by atoms with Crippen molar-refractivity contribution in [2.24, 2.45) is 0 Å². The van der Waals surface area contributed by atoms with E-state index in [4.69, 9.17) is 0 Å². The second-order valence-corrected chi connectivity index (χ2v) is 5.07. The van der Waals surface area contributed by atoms with Crippen molar-refractivity contribution in [2.45, 2.75) is 26.3 Å². The maximum absolute atomic E-state index is 11.3. The van der Waals surface area contributed by atoms with Gasteiger partial charge in [-0.25, -0.2) is 13.1 Å². The molecule has 0 radical (unpaired) electrons. The van der Waals surface area contributed by atoms with Gasteiger partial charge in [0.15, 0.2) is 0 Å². The standard InChI is InChI=1S/C9H18N2O3S/c1-4-6-10-9(12)8(3)11-15(13,14)7-5-2/h4,8,11H,1,5-7H2,2-3H3,(H,10,12). The molecular formula is C9H18N2O3S. The fourth-order valence-electron chi connectivity index (χ4n) is 0.976. The maximum Gasteiger partial charge on any atom is 0.238 e. The second-order valence-electron chi connectivity index (χ2n) is 3.19. The van der Waals surface area contributed by atoms with E-state index in [1.54, 1.807) is 6.92 Å². The number of hydrogen-bond acceptors (Lipinski definition) is 3. The highest BCUT2D eigenvalue weighted by atomic mass is 32.2. The zero-order valence-electron chi connectivity index (χ0n) is 9.12. The Balaban J connectivity index is 4.17. The molecule has 0 aliphatic carbocycles. The van der Waals surface area contributed by atoms with Gasteiger partial charge in [0.25, 0.3) is 0 Å². The fourth-order valence-corrected chi connectivity index (χ4v) is 2.28. The van der Waals surface area contributed by atoms with Crippen molar-refractivity contribution in [3.8, 4) is 0 Å². The van der Waals surface area contributed by atoms with E-state index in [0.29, 0.717) is 13.0 Å². The lowest BCUT2D eigenvalue weighted by Gasteiger charge is -2.13. The smallest absolute Gasteiger partial charge is 0.238 e. The van der Waals surface area contributed by atoms with Crippen LogP contribution >= 0.6 is 0 Å². The van der Waals surface area contributed by atoms with Crippen LogP contribution in [-0.2, 0) is 14.8 Å². The Kier molecular flexibility index (Phi) is 6.19. The number of rotatable bonds is 7. The van der Waals surface area contributed by atoms with Crippen molar-refractivity contribution in [3.63, 3.8) is 0 Å². The van der Waals surface area contributed by atoms with Crippen LogP contribution in [0.25, 0.3) is 0 Å². The molecule has 0 aromatic rings. The second kappa shape index (κ2) is 6.58. The molecule has 6 heteroatoms. The third kappa shape index (κ3) is 6.24. The van der Waals surface area contributed by atoms with E-state index >= 15 is 0 Å². The van der Waals surface area contributed by atoms with Crippen molar-refractivity contribution in [2.75, 3.05) is 12.3 Å². The van der Waals surface area contributed by atoms with Crippen LogP contribution in [0, 0.1) is 0 Å². The topological polar surface area (TPSA) is 75.3 Å². The first-order valence-electron chi connectivity index (χ1n) is 4.81. The molecule has 88 valence electrons. The highest BCUT2D eigenvalue weighted by Gasteiger charge is 2.18. The molecule has 0 rings (SSSR count). The normalized spacial score (nSPS) is 13.2. The van der Waals surface area contributed by atoms with Crippen LogP contribution in [0.1, 0.15) is 20.3 Å². The third-order valence-electron chi connectivity index (χ3n) is 1.64. The van der Waals surface area contributed by atoms with E-state index in [0.717, 1.165) is 0 Å². The Bertz CT molecular complexity index is 311. The van der Waals surface area contributed by atoms with Gasteiger partial charge in [-0.3, -0.25) is 4.79 Å². The first-order chi connectivity index (χ1) is 6.93. The summed E-state index contributed by atoms with van der Waals surface area (Å²) in [5.74, 6) is -0.318. The van der Waals surface area contributed by atoms with E-state index in [9.17, 15) is 13.2 Å². The summed E-state index contributed by atoms with van der Waals surface area (Å²) in [5.41, 5.74) is 0. The Morgan fingerprint density at radius 2 is 2.13 bits per heavy atom. The monoisotopic (exact) mass is 234 g/mol. The molecule has 0 spiro atoms. The van der Waals surface area contributed by atoms with Crippen molar-refractivity contribution in [3.05, 3.63) is 12.7 Å². The van der Waals surface area contributed by atoms with Gasteiger partial charge in [0, 0.05) is 6.54 Å². The number of carbonyl (C=O) groups excluding carboxylic acids is 1. The summed E-state index contributed by atoms with van der Waals surface area (Å²) < 4.78 is 24.9. The summed E-state index contributed by atoms with van der Waals surface area (Å²) in [7, 11) is -3.34. The van der Waals surface area contributed by atoms with E-state index in [2.05, 4.69) is 16.6 Å². The van der Waals surface area contributed by atoms with Crippen LogP contribution in [0.5, 0.6) is 0 Å². The summed E-state index contributed by atoms with van der Waals surface area (Å²) >= 11 is 0. The van der Waals surface area contributed by atoms with Crippen molar-refractivity contribution in [1.29, 1.82) is 0 Å². The molecule has 1 atom stereocenters. The lowest BCUT2D eigenvalue weighted by molar-refractivity contribution is -0.122. The highest BCUT2D eigenvalue weighted by Crippen LogP contribution is 1.92. The van der Waals surface area contributed by atoms with Gasteiger partial charge in [0.1, 0.15) is 0 Å². The average molecular weight is 234 g/mol. The summed E-state index contributed by atoms with van der Waals surface area (Å²) in [4.78, 5) is 11.3. The van der Waals surface area contributed by atoms with E-state index < -0.39 is 16.1 Å². The molecule has 0 saturated heterocycles. The predicted molar refractivity (Wildman–Crippen MR) is 59.9 cm³/mol. The van der Waals surface area contributed by atoms with Gasteiger partial charge >= 0.3 is 0 Å². The number of carbonyl (C=O) groups is 1. The first kappa shape index (κ1) is 14.1. The van der Waals surface area contributed by atoms with Crippen LogP contribution < -0.4 is 10.0 Å². The van der Waals surface area contributed by atoms with Gasteiger partial charge in [-0.15, -0.1) is 6.58 Å². The molecule has 0 saturated carbocycles. The van der Waals surface area contributed by atoms with Crippen LogP contribution in [0.4, 0.5) is 0 Å². The Labute approximate surface area is 91.0 Å². The molecule has 0 aromatic heterocycles. The minimum Gasteiger partial charge on any atom is -0.351 e. The molecular weight excluding hydrogens is 216 g/mol. The molecule has 2 N–H and O–H groups in total. The van der Waals surface area contributed by atoms with Gasteiger partial charge in [-0.1, -0.05) is 13.0 Å². The van der Waals surface area contributed by atoms with Crippen LogP contribution in [0.2, 0.25) is 0 Å². The average Bonchev–Trinajstić information content (AvgIpc) is 2.13. The molecule has 0 aliphatic rings. The molecule has 0 fully saturated rings. The van der Waals surface area contributed by atoms with Gasteiger partial charge in [-0.05, 0) is 13.3 Å². The SMILES string of the molecule is C=CCNC(=O)C(C)NS(=O)(=O)CCC. The molecule has 15 heavy (non-hydrogen) atoms. The quantitative estimate of drug-likeness (QED) is 0.609. The van der Waals surface area contributed by atoms with Crippen LogP contribution in [0.3, 0.4) is 0 Å². The molecule has 0 heterocycles. The van der Waals surface area contributed by atoms with Crippen LogP contribution in [-0.4, -0.2) is 32.7 Å². The zero-order valence-corrected chi connectivity index (χ0v) is 9.93. The largest absolute Gasteiger partial charge is 0.351 e. The van der Waals surface area contributed by atoms with Gasteiger partial charge in [0.05, 0.1) is 11.8 Å². The lowest BCUT2D eigenvalue weighted by Crippen LogP contribution is -2.45. The molecule has 0 aromatic carbocycles. The van der Waals surface area contributed by atoms with Gasteiger partial charge < -0.3 is 5.32 Å². The molecule has 1 unspecified atom stereocenters. The molecule has 0 aliphatic heterocycles. The minimum absolute atomic E-state index is 0.0338. The summed E-state index contributed by atoms with van der Waals surface area (Å²) in [6, 6.07) is -0.749. The summed E-state index contributed by atoms with van der Waals surface area (Å²) in [5, 5.41) is 2.51. The zero-order chi connectivity index (χ0) is 11.9. The summed E-state index contributed by atoms with van der Waals surface area (Å²) in [6.45, 7) is 7.05. The van der Waals surface area contributed by atoms with Gasteiger partial charge in [-0.2, -0.15) is 0 Å². The number of hydrogen-bond donors (Lipinski definition) is 2. The Morgan fingerprint density at radius 1 is 1.53 bits per heavy atom. The molecule has 1 amide bonds. The third-order valence-corrected chi connectivity index (χ3v) is 3.30. The number of amides is 1. The van der Waals surface area contributed by atoms with E-state index in [1.807, 2.05) is 0 Å². The lowest BCUT2D eigenvalue weighted by atomic mass is 10.3. The van der Waals surface area contributed by atoms with Gasteiger partial charge in [0.2, 0.25) is 15.9 Å². The van der Waals surface area contributed by atoms with Crippen molar-refractivity contribution < 1.29 is 13.2 Å². The fraction of sp³-hybridized carbons (Fsp3) is 0.667.